The van der Waals surface area contributed by atoms with E-state index in [-0.39, 0.29) is 11.5 Å². The van der Waals surface area contributed by atoms with Crippen molar-refractivity contribution >= 4 is 0 Å². The zero-order valence-corrected chi connectivity index (χ0v) is 7.30. The van der Waals surface area contributed by atoms with Crippen LogP contribution in [0.3, 0.4) is 0 Å². The molecule has 3 nitrogen and oxygen atoms in total. The maximum Gasteiger partial charge on any atom is 0.586 e. The van der Waals surface area contributed by atoms with Gasteiger partial charge in [0.2, 0.25) is 0 Å². The van der Waals surface area contributed by atoms with Gasteiger partial charge in [0.05, 0.1) is 0 Å². The monoisotopic (exact) mass is 201 g/mol. The molecule has 0 fully saturated rings. The molecule has 5 heteroatoms. The number of hydrogen-bond donors (Lipinski definition) is 1. The van der Waals surface area contributed by atoms with Crippen molar-refractivity contribution in [3.8, 4) is 11.5 Å². The highest BCUT2D eigenvalue weighted by molar-refractivity contribution is 5.45. The van der Waals surface area contributed by atoms with Crippen LogP contribution in [0, 0.1) is 0 Å². The third-order valence-electron chi connectivity index (χ3n) is 1.90. The second kappa shape index (κ2) is 3.09. The lowest BCUT2D eigenvalue weighted by molar-refractivity contribution is -0.286. The van der Waals surface area contributed by atoms with Crippen molar-refractivity contribution in [3.63, 3.8) is 0 Å². The predicted molar refractivity (Wildman–Crippen MR) is 45.4 cm³/mol. The van der Waals surface area contributed by atoms with Gasteiger partial charge in [0.1, 0.15) is 0 Å². The zero-order valence-electron chi connectivity index (χ0n) is 7.30. The van der Waals surface area contributed by atoms with E-state index in [4.69, 9.17) is 5.73 Å². The summed E-state index contributed by atoms with van der Waals surface area (Å²) in [6, 6.07) is 4.67. The van der Waals surface area contributed by atoms with Gasteiger partial charge in [-0.2, -0.15) is 0 Å². The summed E-state index contributed by atoms with van der Waals surface area (Å²) in [5.74, 6) is 0.136. The smallest absolute Gasteiger partial charge is 0.395 e. The molecule has 0 saturated heterocycles. The Morgan fingerprint density at radius 1 is 1.21 bits per heavy atom. The second-order valence-corrected chi connectivity index (χ2v) is 2.99. The van der Waals surface area contributed by atoms with Crippen LogP contribution in [-0.2, 0) is 6.42 Å². The molecule has 1 heterocycles. The fraction of sp³-hybridized carbons (Fsp3) is 0.333. The number of halogens is 2. The molecule has 1 aromatic rings. The summed E-state index contributed by atoms with van der Waals surface area (Å²) in [6.45, 7) is 0.468. The van der Waals surface area contributed by atoms with Crippen molar-refractivity contribution in [1.82, 2.24) is 0 Å². The van der Waals surface area contributed by atoms with Crippen molar-refractivity contribution in [2.45, 2.75) is 12.7 Å². The topological polar surface area (TPSA) is 44.5 Å². The summed E-state index contributed by atoms with van der Waals surface area (Å²) in [4.78, 5) is 0. The first kappa shape index (κ1) is 9.21. The first-order chi connectivity index (χ1) is 6.61. The van der Waals surface area contributed by atoms with Crippen LogP contribution in [0.1, 0.15) is 5.56 Å². The van der Waals surface area contributed by atoms with Crippen molar-refractivity contribution in [2.24, 2.45) is 5.73 Å². The SMILES string of the molecule is NCCc1ccc2c(c1)OC(F)(F)O2. The van der Waals surface area contributed by atoms with E-state index in [1.165, 1.54) is 12.1 Å². The van der Waals surface area contributed by atoms with Crippen LogP contribution in [0.15, 0.2) is 18.2 Å². The van der Waals surface area contributed by atoms with Crippen LogP contribution < -0.4 is 15.2 Å². The van der Waals surface area contributed by atoms with Crippen molar-refractivity contribution in [3.05, 3.63) is 23.8 Å². The molecule has 0 bridgehead atoms. The Hall–Kier alpha value is -1.36. The number of fused-ring (bicyclic) bond motifs is 1. The van der Waals surface area contributed by atoms with E-state index in [0.29, 0.717) is 13.0 Å². The quantitative estimate of drug-likeness (QED) is 0.788. The molecule has 2 N–H and O–H groups in total. The largest absolute Gasteiger partial charge is 0.586 e. The van der Waals surface area contributed by atoms with Gasteiger partial charge in [0, 0.05) is 0 Å². The highest BCUT2D eigenvalue weighted by Gasteiger charge is 2.43. The second-order valence-electron chi connectivity index (χ2n) is 2.99. The van der Waals surface area contributed by atoms with Gasteiger partial charge in [-0.3, -0.25) is 0 Å². The Labute approximate surface area is 79.4 Å². The Bertz CT molecular complexity index is 355. The standard InChI is InChI=1S/C9H9F2NO2/c10-9(11)13-7-2-1-6(3-4-12)5-8(7)14-9/h1-2,5H,3-4,12H2. The van der Waals surface area contributed by atoms with E-state index in [1.54, 1.807) is 6.07 Å². The van der Waals surface area contributed by atoms with Crippen LogP contribution in [0.25, 0.3) is 0 Å². The molecule has 1 aromatic carbocycles. The molecule has 0 atom stereocenters. The molecular formula is C9H9F2NO2. The zero-order chi connectivity index (χ0) is 10.2. The van der Waals surface area contributed by atoms with Crippen LogP contribution >= 0.6 is 0 Å². The van der Waals surface area contributed by atoms with Crippen LogP contribution in [0.5, 0.6) is 11.5 Å². The molecule has 0 unspecified atom stereocenters. The van der Waals surface area contributed by atoms with Crippen molar-refractivity contribution in [2.75, 3.05) is 6.54 Å². The molecule has 2 rings (SSSR count). The molecular weight excluding hydrogens is 192 g/mol. The van der Waals surface area contributed by atoms with Gasteiger partial charge >= 0.3 is 6.29 Å². The lowest BCUT2D eigenvalue weighted by Gasteiger charge is -2.04. The van der Waals surface area contributed by atoms with Crippen molar-refractivity contribution in [1.29, 1.82) is 0 Å². The molecule has 1 aliphatic heterocycles. The minimum absolute atomic E-state index is 0.0655. The van der Waals surface area contributed by atoms with Gasteiger partial charge in [0.25, 0.3) is 0 Å². The van der Waals surface area contributed by atoms with Crippen LogP contribution in [-0.4, -0.2) is 12.8 Å². The highest BCUT2D eigenvalue weighted by Crippen LogP contribution is 2.41. The Morgan fingerprint density at radius 3 is 2.64 bits per heavy atom. The van der Waals surface area contributed by atoms with E-state index in [0.717, 1.165) is 5.56 Å². The molecule has 0 aromatic heterocycles. The van der Waals surface area contributed by atoms with Crippen LogP contribution in [0.4, 0.5) is 8.78 Å². The Morgan fingerprint density at radius 2 is 1.93 bits per heavy atom. The number of ether oxygens (including phenoxy) is 2. The fourth-order valence-corrected chi connectivity index (χ4v) is 1.32. The normalized spacial score (nSPS) is 17.1. The number of rotatable bonds is 2. The van der Waals surface area contributed by atoms with Crippen LogP contribution in [0.2, 0.25) is 0 Å². The molecule has 0 radical (unpaired) electrons. The third kappa shape index (κ3) is 1.63. The van der Waals surface area contributed by atoms with Gasteiger partial charge in [-0.15, -0.1) is 8.78 Å². The van der Waals surface area contributed by atoms with Gasteiger partial charge in [-0.25, -0.2) is 0 Å². The predicted octanol–water partition coefficient (Wildman–Crippen LogP) is 1.51. The van der Waals surface area contributed by atoms with Gasteiger partial charge in [0.15, 0.2) is 11.5 Å². The molecule has 0 saturated carbocycles. The van der Waals surface area contributed by atoms with Gasteiger partial charge in [-0.1, -0.05) is 6.07 Å². The summed E-state index contributed by atoms with van der Waals surface area (Å²) in [6.07, 6.45) is -2.91. The summed E-state index contributed by atoms with van der Waals surface area (Å²) in [5.41, 5.74) is 6.19. The maximum atomic E-state index is 12.6. The third-order valence-corrected chi connectivity index (χ3v) is 1.90. The Kier molecular flexibility index (Phi) is 2.03. The van der Waals surface area contributed by atoms with Gasteiger partial charge < -0.3 is 15.2 Å². The molecule has 1 aliphatic rings. The average Bonchev–Trinajstić information content (AvgIpc) is 2.38. The van der Waals surface area contributed by atoms with Gasteiger partial charge in [-0.05, 0) is 30.7 Å². The number of nitrogens with two attached hydrogens (primary N) is 1. The van der Waals surface area contributed by atoms with E-state index < -0.39 is 6.29 Å². The van der Waals surface area contributed by atoms with E-state index in [2.05, 4.69) is 9.47 Å². The molecule has 14 heavy (non-hydrogen) atoms. The van der Waals surface area contributed by atoms with E-state index in [9.17, 15) is 8.78 Å². The molecule has 0 spiro atoms. The Balaban J connectivity index is 2.26. The lowest BCUT2D eigenvalue weighted by Crippen LogP contribution is -2.25. The number of hydrogen-bond acceptors (Lipinski definition) is 3. The van der Waals surface area contributed by atoms with E-state index in [1.807, 2.05) is 0 Å². The lowest BCUT2D eigenvalue weighted by atomic mass is 10.1. The summed E-state index contributed by atoms with van der Waals surface area (Å²) in [7, 11) is 0. The fourth-order valence-electron chi connectivity index (χ4n) is 1.32. The summed E-state index contributed by atoms with van der Waals surface area (Å²) >= 11 is 0. The highest BCUT2D eigenvalue weighted by atomic mass is 19.3. The first-order valence-electron chi connectivity index (χ1n) is 4.19. The summed E-state index contributed by atoms with van der Waals surface area (Å²) < 4.78 is 33.7. The molecule has 76 valence electrons. The molecule has 0 aliphatic carbocycles. The van der Waals surface area contributed by atoms with E-state index >= 15 is 0 Å². The van der Waals surface area contributed by atoms with Crippen molar-refractivity contribution < 1.29 is 18.3 Å². The maximum absolute atomic E-state index is 12.6. The average molecular weight is 201 g/mol. The minimum Gasteiger partial charge on any atom is -0.395 e. The summed E-state index contributed by atoms with van der Waals surface area (Å²) in [5, 5.41) is 0. The number of benzene rings is 1. The number of alkyl halides is 2. The minimum atomic E-state index is -3.54. The molecule has 0 amide bonds. The first-order valence-corrected chi connectivity index (χ1v) is 4.19.